The standard InChI is InChI=1S/C23H19F3O2/c1-2-13-28-18-10-11-19(20(24)14-18)16-6-3-15(4-7-16)5-8-17-9-12-21(27)23(26)22(17)25/h2-4,6-7,9-12,14,27H,1,5,8,13H2. The molecule has 3 aromatic rings. The van der Waals surface area contributed by atoms with Crippen molar-refractivity contribution >= 4 is 0 Å². The molecule has 0 aliphatic heterocycles. The lowest BCUT2D eigenvalue weighted by molar-refractivity contribution is 0.361. The van der Waals surface area contributed by atoms with Crippen LogP contribution in [0.4, 0.5) is 13.2 Å². The topological polar surface area (TPSA) is 29.5 Å². The van der Waals surface area contributed by atoms with Gasteiger partial charge in [0.15, 0.2) is 11.6 Å². The molecule has 0 aromatic heterocycles. The zero-order valence-corrected chi connectivity index (χ0v) is 15.1. The van der Waals surface area contributed by atoms with E-state index in [1.165, 1.54) is 12.1 Å². The van der Waals surface area contributed by atoms with Crippen LogP contribution in [-0.4, -0.2) is 11.7 Å². The minimum Gasteiger partial charge on any atom is -0.505 e. The highest BCUT2D eigenvalue weighted by Crippen LogP contribution is 2.27. The molecule has 0 bridgehead atoms. The van der Waals surface area contributed by atoms with Crippen LogP contribution in [0.3, 0.4) is 0 Å². The van der Waals surface area contributed by atoms with E-state index in [-0.39, 0.29) is 12.0 Å². The van der Waals surface area contributed by atoms with Gasteiger partial charge in [-0.05, 0) is 47.7 Å². The third-order valence-electron chi connectivity index (χ3n) is 4.40. The Balaban J connectivity index is 1.70. The molecule has 5 heteroatoms. The van der Waals surface area contributed by atoms with Crippen LogP contribution in [0.25, 0.3) is 11.1 Å². The van der Waals surface area contributed by atoms with Gasteiger partial charge in [0.05, 0.1) is 0 Å². The molecule has 1 N–H and O–H groups in total. The second kappa shape index (κ2) is 8.65. The molecular weight excluding hydrogens is 365 g/mol. The van der Waals surface area contributed by atoms with Gasteiger partial charge in [-0.25, -0.2) is 8.78 Å². The van der Waals surface area contributed by atoms with E-state index in [1.54, 1.807) is 30.3 Å². The molecule has 0 spiro atoms. The van der Waals surface area contributed by atoms with Gasteiger partial charge < -0.3 is 9.84 Å². The second-order valence-corrected chi connectivity index (χ2v) is 6.31. The van der Waals surface area contributed by atoms with Crippen molar-refractivity contribution < 1.29 is 23.0 Å². The number of ether oxygens (including phenoxy) is 1. The highest BCUT2D eigenvalue weighted by atomic mass is 19.2. The lowest BCUT2D eigenvalue weighted by atomic mass is 9.99. The Kier molecular flexibility index (Phi) is 6.04. The van der Waals surface area contributed by atoms with Crippen LogP contribution in [0.1, 0.15) is 11.1 Å². The summed E-state index contributed by atoms with van der Waals surface area (Å²) in [6.07, 6.45) is 2.35. The Morgan fingerprint density at radius 3 is 2.32 bits per heavy atom. The maximum absolute atomic E-state index is 14.3. The van der Waals surface area contributed by atoms with Crippen LogP contribution in [0, 0.1) is 17.5 Å². The van der Waals surface area contributed by atoms with Gasteiger partial charge in [-0.15, -0.1) is 0 Å². The first-order chi connectivity index (χ1) is 13.5. The van der Waals surface area contributed by atoms with Crippen LogP contribution in [0.5, 0.6) is 11.5 Å². The van der Waals surface area contributed by atoms with Crippen molar-refractivity contribution in [1.29, 1.82) is 0 Å². The number of rotatable bonds is 7. The number of aryl methyl sites for hydroxylation is 2. The molecule has 28 heavy (non-hydrogen) atoms. The second-order valence-electron chi connectivity index (χ2n) is 6.31. The summed E-state index contributed by atoms with van der Waals surface area (Å²) in [5.41, 5.74) is 2.26. The Hall–Kier alpha value is -3.21. The van der Waals surface area contributed by atoms with Gasteiger partial charge in [-0.2, -0.15) is 4.39 Å². The molecule has 0 saturated carbocycles. The fraction of sp³-hybridized carbons (Fsp3) is 0.130. The van der Waals surface area contributed by atoms with Crippen LogP contribution < -0.4 is 4.74 Å². The monoisotopic (exact) mass is 384 g/mol. The summed E-state index contributed by atoms with van der Waals surface area (Å²) in [5.74, 6) is -2.92. The Labute approximate surface area is 161 Å². The molecular formula is C23H19F3O2. The summed E-state index contributed by atoms with van der Waals surface area (Å²) >= 11 is 0. The van der Waals surface area contributed by atoms with Crippen molar-refractivity contribution in [2.75, 3.05) is 6.61 Å². The summed E-state index contributed by atoms with van der Waals surface area (Å²) in [7, 11) is 0. The predicted octanol–water partition coefficient (Wildman–Crippen LogP) is 5.83. The van der Waals surface area contributed by atoms with E-state index in [2.05, 4.69) is 6.58 Å². The fourth-order valence-corrected chi connectivity index (χ4v) is 2.88. The van der Waals surface area contributed by atoms with Crippen LogP contribution in [0.15, 0.2) is 67.3 Å². The van der Waals surface area contributed by atoms with E-state index < -0.39 is 23.2 Å². The zero-order valence-electron chi connectivity index (χ0n) is 15.1. The van der Waals surface area contributed by atoms with Crippen molar-refractivity contribution in [1.82, 2.24) is 0 Å². The first-order valence-electron chi connectivity index (χ1n) is 8.78. The number of aromatic hydroxyl groups is 1. The summed E-state index contributed by atoms with van der Waals surface area (Å²) in [6.45, 7) is 3.85. The number of hydrogen-bond acceptors (Lipinski definition) is 2. The van der Waals surface area contributed by atoms with Gasteiger partial charge in [-0.3, -0.25) is 0 Å². The van der Waals surface area contributed by atoms with Crippen molar-refractivity contribution in [3.05, 3.63) is 95.8 Å². The summed E-state index contributed by atoms with van der Waals surface area (Å²) in [4.78, 5) is 0. The average Bonchev–Trinajstić information content (AvgIpc) is 2.70. The van der Waals surface area contributed by atoms with Crippen molar-refractivity contribution in [3.63, 3.8) is 0 Å². The summed E-state index contributed by atoms with van der Waals surface area (Å²) < 4.78 is 46.9. The molecule has 0 aliphatic rings. The minimum atomic E-state index is -1.23. The van der Waals surface area contributed by atoms with Gasteiger partial charge in [-0.1, -0.05) is 43.0 Å². The van der Waals surface area contributed by atoms with Gasteiger partial charge >= 0.3 is 0 Å². The van der Waals surface area contributed by atoms with E-state index in [1.807, 2.05) is 12.1 Å². The molecule has 144 valence electrons. The van der Waals surface area contributed by atoms with Gasteiger partial charge in [0.2, 0.25) is 5.82 Å². The van der Waals surface area contributed by atoms with Crippen molar-refractivity contribution in [3.8, 4) is 22.6 Å². The van der Waals surface area contributed by atoms with E-state index >= 15 is 0 Å². The molecule has 0 radical (unpaired) electrons. The average molecular weight is 384 g/mol. The highest BCUT2D eigenvalue weighted by molar-refractivity contribution is 5.65. The predicted molar refractivity (Wildman–Crippen MR) is 103 cm³/mol. The van der Waals surface area contributed by atoms with Gasteiger partial charge in [0, 0.05) is 11.6 Å². The third-order valence-corrected chi connectivity index (χ3v) is 4.40. The van der Waals surface area contributed by atoms with Gasteiger partial charge in [0.25, 0.3) is 0 Å². The SMILES string of the molecule is C=CCOc1ccc(-c2ccc(CCc3ccc(O)c(F)c3F)cc2)c(F)c1. The quantitative estimate of drug-likeness (QED) is 0.520. The molecule has 0 atom stereocenters. The first kappa shape index (κ1) is 19.5. The van der Waals surface area contributed by atoms with Crippen LogP contribution in [-0.2, 0) is 12.8 Å². The van der Waals surface area contributed by atoms with Crippen molar-refractivity contribution in [2.24, 2.45) is 0 Å². The minimum absolute atomic E-state index is 0.195. The maximum atomic E-state index is 14.3. The van der Waals surface area contributed by atoms with E-state index in [9.17, 15) is 18.3 Å². The molecule has 3 aromatic carbocycles. The number of halogens is 3. The molecule has 0 unspecified atom stereocenters. The molecule has 0 saturated heterocycles. The third kappa shape index (κ3) is 4.36. The maximum Gasteiger partial charge on any atom is 0.200 e. The molecule has 2 nitrogen and oxygen atoms in total. The number of benzene rings is 3. The largest absolute Gasteiger partial charge is 0.505 e. The highest BCUT2D eigenvalue weighted by Gasteiger charge is 2.13. The number of hydrogen-bond donors (Lipinski definition) is 1. The fourth-order valence-electron chi connectivity index (χ4n) is 2.88. The van der Waals surface area contributed by atoms with E-state index in [4.69, 9.17) is 4.74 Å². The number of phenolic OH excluding ortho intramolecular Hbond substituents is 1. The lowest BCUT2D eigenvalue weighted by Gasteiger charge is -2.09. The zero-order chi connectivity index (χ0) is 20.1. The summed E-state index contributed by atoms with van der Waals surface area (Å²) in [5, 5.41) is 9.17. The Morgan fingerprint density at radius 1 is 0.893 bits per heavy atom. The number of phenols is 1. The van der Waals surface area contributed by atoms with E-state index in [0.717, 1.165) is 11.6 Å². The Bertz CT molecular complexity index is 982. The first-order valence-corrected chi connectivity index (χ1v) is 8.78. The normalized spacial score (nSPS) is 10.7. The molecule has 3 rings (SSSR count). The molecule has 0 fully saturated rings. The lowest BCUT2D eigenvalue weighted by Crippen LogP contribution is -1.98. The summed E-state index contributed by atoms with van der Waals surface area (Å²) in [6, 6.07) is 14.4. The smallest absolute Gasteiger partial charge is 0.200 e. The van der Waals surface area contributed by atoms with Gasteiger partial charge in [0.1, 0.15) is 18.2 Å². The molecule has 0 amide bonds. The van der Waals surface area contributed by atoms with E-state index in [0.29, 0.717) is 29.9 Å². The van der Waals surface area contributed by atoms with Crippen LogP contribution in [0.2, 0.25) is 0 Å². The molecule has 0 heterocycles. The molecule has 0 aliphatic carbocycles. The van der Waals surface area contributed by atoms with Crippen LogP contribution >= 0.6 is 0 Å². The van der Waals surface area contributed by atoms with Crippen molar-refractivity contribution in [2.45, 2.75) is 12.8 Å². The Morgan fingerprint density at radius 2 is 1.64 bits per heavy atom.